The molecule has 0 saturated carbocycles. The van der Waals surface area contributed by atoms with Crippen LogP contribution in [0.4, 0.5) is 0 Å². The molecule has 0 fully saturated rings. The van der Waals surface area contributed by atoms with Crippen molar-refractivity contribution in [2.24, 2.45) is 4.99 Å². The Morgan fingerprint density at radius 2 is 1.77 bits per heavy atom. The van der Waals surface area contributed by atoms with E-state index in [0.29, 0.717) is 6.54 Å². The summed E-state index contributed by atoms with van der Waals surface area (Å²) in [5, 5.41) is 3.43. The first-order valence-corrected chi connectivity index (χ1v) is 11.6. The number of unbranched alkanes of at least 4 members (excludes halogenated alkanes) is 2. The molecule has 0 spiro atoms. The van der Waals surface area contributed by atoms with E-state index in [4.69, 9.17) is 9.73 Å². The monoisotopic (exact) mass is 422 g/mol. The fourth-order valence-electron chi connectivity index (χ4n) is 3.18. The van der Waals surface area contributed by atoms with Gasteiger partial charge in [0.25, 0.3) is 0 Å². The number of benzene rings is 1. The van der Waals surface area contributed by atoms with Crippen molar-refractivity contribution in [3.05, 3.63) is 76.5 Å². The number of allylic oxidation sites excluding steroid dienone is 5. The Kier molecular flexibility index (Phi) is 13.1. The zero-order valence-electron chi connectivity index (χ0n) is 20.7. The van der Waals surface area contributed by atoms with E-state index in [1.54, 1.807) is 7.11 Å². The lowest BCUT2D eigenvalue weighted by Gasteiger charge is -2.15. The number of rotatable bonds is 12. The average Bonchev–Trinajstić information content (AvgIpc) is 2.76. The number of ether oxygens (including phenoxy) is 1. The van der Waals surface area contributed by atoms with E-state index in [-0.39, 0.29) is 0 Å². The van der Waals surface area contributed by atoms with Crippen molar-refractivity contribution in [1.82, 2.24) is 5.32 Å². The summed E-state index contributed by atoms with van der Waals surface area (Å²) in [4.78, 5) is 4.99. The van der Waals surface area contributed by atoms with E-state index in [2.05, 4.69) is 89.4 Å². The van der Waals surface area contributed by atoms with E-state index < -0.39 is 0 Å². The SMILES string of the molecule is CC/C=C(/C=C\C(C)=C\CCC)CN=C(N/C=C/CCC)c1cc(C)cc(OC)c1C. The molecule has 0 atom stereocenters. The molecule has 0 aliphatic rings. The summed E-state index contributed by atoms with van der Waals surface area (Å²) in [6, 6.07) is 4.24. The molecular formula is C28H42N2O. The van der Waals surface area contributed by atoms with Crippen LogP contribution in [0.3, 0.4) is 0 Å². The van der Waals surface area contributed by atoms with Gasteiger partial charge in [-0.1, -0.05) is 69.6 Å². The lowest BCUT2D eigenvalue weighted by Crippen LogP contribution is -2.21. The molecule has 1 rings (SSSR count). The van der Waals surface area contributed by atoms with Crippen molar-refractivity contribution in [2.45, 2.75) is 73.6 Å². The highest BCUT2D eigenvalue weighted by molar-refractivity contribution is 6.01. The van der Waals surface area contributed by atoms with Crippen LogP contribution in [0.5, 0.6) is 5.75 Å². The van der Waals surface area contributed by atoms with Crippen LogP contribution >= 0.6 is 0 Å². The van der Waals surface area contributed by atoms with Crippen molar-refractivity contribution in [1.29, 1.82) is 0 Å². The van der Waals surface area contributed by atoms with Crippen molar-refractivity contribution in [2.75, 3.05) is 13.7 Å². The van der Waals surface area contributed by atoms with Crippen LogP contribution in [-0.4, -0.2) is 19.5 Å². The molecule has 0 saturated heterocycles. The number of nitrogens with one attached hydrogen (secondary N) is 1. The zero-order chi connectivity index (χ0) is 23.1. The molecule has 170 valence electrons. The number of nitrogens with zero attached hydrogens (tertiary/aromatic N) is 1. The maximum atomic E-state index is 5.59. The van der Waals surface area contributed by atoms with Gasteiger partial charge in [-0.3, -0.25) is 4.99 Å². The summed E-state index contributed by atoms with van der Waals surface area (Å²) in [6.07, 6.45) is 18.5. The van der Waals surface area contributed by atoms with Crippen LogP contribution in [0.1, 0.15) is 76.5 Å². The van der Waals surface area contributed by atoms with Gasteiger partial charge in [0.2, 0.25) is 0 Å². The first kappa shape index (κ1) is 26.5. The Hall–Kier alpha value is -2.55. The first-order chi connectivity index (χ1) is 15.0. The number of hydrogen-bond acceptors (Lipinski definition) is 2. The summed E-state index contributed by atoms with van der Waals surface area (Å²) < 4.78 is 5.59. The smallest absolute Gasteiger partial charge is 0.133 e. The number of aryl methyl sites for hydroxylation is 1. The molecule has 0 amide bonds. The summed E-state index contributed by atoms with van der Waals surface area (Å²) in [7, 11) is 1.72. The van der Waals surface area contributed by atoms with E-state index in [0.717, 1.165) is 54.0 Å². The molecule has 3 nitrogen and oxygen atoms in total. The molecule has 1 N–H and O–H groups in total. The van der Waals surface area contributed by atoms with Gasteiger partial charge in [-0.25, -0.2) is 0 Å². The molecular weight excluding hydrogens is 380 g/mol. The third kappa shape index (κ3) is 9.87. The predicted octanol–water partition coefficient (Wildman–Crippen LogP) is 7.60. The Morgan fingerprint density at radius 1 is 1.03 bits per heavy atom. The minimum Gasteiger partial charge on any atom is -0.496 e. The Bertz CT molecular complexity index is 826. The summed E-state index contributed by atoms with van der Waals surface area (Å²) in [5.74, 6) is 1.77. The Morgan fingerprint density at radius 3 is 2.42 bits per heavy atom. The van der Waals surface area contributed by atoms with Crippen LogP contribution in [-0.2, 0) is 0 Å². The number of amidine groups is 1. The minimum atomic E-state index is 0.630. The molecule has 0 aromatic heterocycles. The van der Waals surface area contributed by atoms with Gasteiger partial charge in [0.1, 0.15) is 11.6 Å². The summed E-state index contributed by atoms with van der Waals surface area (Å²) in [5.41, 5.74) is 5.86. The fourth-order valence-corrected chi connectivity index (χ4v) is 3.18. The number of aliphatic imine (C=N–C) groups is 1. The second-order valence-electron chi connectivity index (χ2n) is 7.90. The first-order valence-electron chi connectivity index (χ1n) is 11.6. The van der Waals surface area contributed by atoms with Crippen LogP contribution in [0.25, 0.3) is 0 Å². The molecule has 0 aliphatic heterocycles. The number of methoxy groups -OCH3 is 1. The van der Waals surface area contributed by atoms with Crippen molar-refractivity contribution >= 4 is 5.84 Å². The third-order valence-corrected chi connectivity index (χ3v) is 4.97. The quantitative estimate of drug-likeness (QED) is 0.214. The van der Waals surface area contributed by atoms with Gasteiger partial charge >= 0.3 is 0 Å². The van der Waals surface area contributed by atoms with Crippen LogP contribution < -0.4 is 10.1 Å². The van der Waals surface area contributed by atoms with Crippen molar-refractivity contribution in [3.8, 4) is 5.75 Å². The van der Waals surface area contributed by atoms with Gasteiger partial charge in [-0.05, 0) is 69.5 Å². The fraction of sp³-hybridized carbons (Fsp3) is 0.464. The molecule has 0 unspecified atom stereocenters. The van der Waals surface area contributed by atoms with Crippen molar-refractivity contribution < 1.29 is 4.74 Å². The maximum absolute atomic E-state index is 5.59. The van der Waals surface area contributed by atoms with E-state index in [9.17, 15) is 0 Å². The second kappa shape index (κ2) is 15.3. The zero-order valence-corrected chi connectivity index (χ0v) is 20.7. The van der Waals surface area contributed by atoms with E-state index in [1.807, 2.05) is 6.20 Å². The number of hydrogen-bond donors (Lipinski definition) is 1. The topological polar surface area (TPSA) is 33.6 Å². The molecule has 0 radical (unpaired) electrons. The van der Waals surface area contributed by atoms with E-state index >= 15 is 0 Å². The predicted molar refractivity (Wildman–Crippen MR) is 137 cm³/mol. The third-order valence-electron chi connectivity index (χ3n) is 4.97. The average molecular weight is 423 g/mol. The maximum Gasteiger partial charge on any atom is 0.133 e. The standard InChI is InChI=1S/C28H42N2O/c1-8-11-13-18-29-28(26-19-23(5)20-27(31-7)24(26)6)30-21-25(14-10-3)17-16-22(4)15-12-9-2/h13-20H,8-12,21H2,1-7H3,(H,29,30)/b17-16-,18-13+,22-15+,25-14-. The van der Waals surface area contributed by atoms with Gasteiger partial charge < -0.3 is 10.1 Å². The van der Waals surface area contributed by atoms with Gasteiger partial charge in [0, 0.05) is 11.1 Å². The van der Waals surface area contributed by atoms with E-state index in [1.165, 1.54) is 17.6 Å². The molecule has 1 aromatic rings. The van der Waals surface area contributed by atoms with Gasteiger partial charge in [-0.2, -0.15) is 0 Å². The van der Waals surface area contributed by atoms with Gasteiger partial charge in [0.15, 0.2) is 0 Å². The lowest BCUT2D eigenvalue weighted by atomic mass is 10.0. The van der Waals surface area contributed by atoms with Crippen LogP contribution in [0.2, 0.25) is 0 Å². The normalized spacial score (nSPS) is 13.5. The molecule has 0 bridgehead atoms. The largest absolute Gasteiger partial charge is 0.496 e. The minimum absolute atomic E-state index is 0.630. The van der Waals surface area contributed by atoms with Crippen molar-refractivity contribution in [3.63, 3.8) is 0 Å². The Labute approximate surface area is 190 Å². The van der Waals surface area contributed by atoms with Gasteiger partial charge in [-0.15, -0.1) is 0 Å². The molecule has 0 aliphatic carbocycles. The Balaban J connectivity index is 3.24. The highest BCUT2D eigenvalue weighted by Crippen LogP contribution is 2.24. The van der Waals surface area contributed by atoms with Crippen LogP contribution in [0, 0.1) is 13.8 Å². The van der Waals surface area contributed by atoms with Crippen LogP contribution in [0.15, 0.2) is 64.9 Å². The molecule has 1 aromatic carbocycles. The second-order valence-corrected chi connectivity index (χ2v) is 7.90. The molecule has 31 heavy (non-hydrogen) atoms. The van der Waals surface area contributed by atoms with Gasteiger partial charge in [0.05, 0.1) is 13.7 Å². The highest BCUT2D eigenvalue weighted by Gasteiger charge is 2.11. The molecule has 3 heteroatoms. The lowest BCUT2D eigenvalue weighted by molar-refractivity contribution is 0.411. The molecule has 0 heterocycles. The summed E-state index contributed by atoms with van der Waals surface area (Å²) in [6.45, 7) is 13.5. The summed E-state index contributed by atoms with van der Waals surface area (Å²) >= 11 is 0. The highest BCUT2D eigenvalue weighted by atomic mass is 16.5.